The van der Waals surface area contributed by atoms with Gasteiger partial charge in [-0.05, 0) is 38.0 Å². The Labute approximate surface area is 113 Å². The molecule has 1 unspecified atom stereocenters. The number of nitrogens with two attached hydrogens (primary N) is 1. The highest BCUT2D eigenvalue weighted by Gasteiger charge is 2.20. The van der Waals surface area contributed by atoms with E-state index < -0.39 is 0 Å². The molecule has 0 aliphatic carbocycles. The minimum absolute atomic E-state index is 0.151. The number of methoxy groups -OCH3 is 1. The van der Waals surface area contributed by atoms with Crippen molar-refractivity contribution in [1.29, 1.82) is 0 Å². The summed E-state index contributed by atoms with van der Waals surface area (Å²) >= 11 is 0. The topological polar surface area (TPSA) is 66.0 Å². The largest absolute Gasteiger partial charge is 0.493 e. The molecule has 5 heteroatoms. The van der Waals surface area contributed by atoms with Crippen LogP contribution in [0.15, 0.2) is 30.7 Å². The lowest BCUT2D eigenvalue weighted by atomic mass is 10.0. The summed E-state index contributed by atoms with van der Waals surface area (Å²) in [4.78, 5) is 4.01. The number of pyridine rings is 1. The van der Waals surface area contributed by atoms with E-state index in [1.54, 1.807) is 25.7 Å². The Morgan fingerprint density at radius 1 is 1.32 bits per heavy atom. The molecule has 2 N–H and O–H groups in total. The van der Waals surface area contributed by atoms with Crippen molar-refractivity contribution in [2.45, 2.75) is 32.4 Å². The molecule has 0 radical (unpaired) electrons. The van der Waals surface area contributed by atoms with Crippen LogP contribution in [0.5, 0.6) is 5.75 Å². The molecule has 0 saturated heterocycles. The van der Waals surface area contributed by atoms with Crippen molar-refractivity contribution in [2.75, 3.05) is 7.11 Å². The van der Waals surface area contributed by atoms with Gasteiger partial charge in [-0.25, -0.2) is 0 Å². The highest BCUT2D eigenvalue weighted by atomic mass is 16.5. The zero-order valence-electron chi connectivity index (χ0n) is 11.6. The minimum Gasteiger partial charge on any atom is -0.493 e. The second-order valence-corrected chi connectivity index (χ2v) is 4.80. The first-order valence-corrected chi connectivity index (χ1v) is 6.39. The predicted molar refractivity (Wildman–Crippen MR) is 74.0 cm³/mol. The van der Waals surface area contributed by atoms with Crippen molar-refractivity contribution < 1.29 is 4.74 Å². The summed E-state index contributed by atoms with van der Waals surface area (Å²) in [6.07, 6.45) is 6.01. The quantitative estimate of drug-likeness (QED) is 0.894. The number of aromatic nitrogens is 3. The number of hydrogen-bond donors (Lipinski definition) is 1. The van der Waals surface area contributed by atoms with Gasteiger partial charge in [0, 0.05) is 18.4 Å². The first-order chi connectivity index (χ1) is 9.13. The molecule has 0 fully saturated rings. The van der Waals surface area contributed by atoms with Crippen LogP contribution in [0.25, 0.3) is 0 Å². The van der Waals surface area contributed by atoms with E-state index in [-0.39, 0.29) is 12.1 Å². The minimum atomic E-state index is -0.151. The van der Waals surface area contributed by atoms with E-state index in [9.17, 15) is 0 Å². The Kier molecular flexibility index (Phi) is 4.16. The third-order valence-corrected chi connectivity index (χ3v) is 3.06. The lowest BCUT2D eigenvalue weighted by Crippen LogP contribution is -2.20. The fourth-order valence-electron chi connectivity index (χ4n) is 2.15. The highest BCUT2D eigenvalue weighted by molar-refractivity contribution is 5.30. The van der Waals surface area contributed by atoms with Crippen LogP contribution in [0.1, 0.15) is 37.2 Å². The van der Waals surface area contributed by atoms with E-state index in [1.807, 2.05) is 16.8 Å². The van der Waals surface area contributed by atoms with Crippen molar-refractivity contribution in [3.8, 4) is 5.75 Å². The van der Waals surface area contributed by atoms with E-state index in [0.29, 0.717) is 0 Å². The van der Waals surface area contributed by atoms with E-state index in [0.717, 1.165) is 23.4 Å². The average molecular weight is 260 g/mol. The summed E-state index contributed by atoms with van der Waals surface area (Å²) < 4.78 is 7.28. The second kappa shape index (κ2) is 5.84. The number of hydrogen-bond acceptors (Lipinski definition) is 4. The van der Waals surface area contributed by atoms with Crippen molar-refractivity contribution in [2.24, 2.45) is 5.73 Å². The SMILES string of the molecule is COc1cnn(C(C)C)c1C(N)Cc1ccncc1. The number of rotatable bonds is 5. The summed E-state index contributed by atoms with van der Waals surface area (Å²) in [6.45, 7) is 4.16. The van der Waals surface area contributed by atoms with Crippen LogP contribution in [0, 0.1) is 0 Å². The van der Waals surface area contributed by atoms with Gasteiger partial charge in [-0.2, -0.15) is 5.10 Å². The summed E-state index contributed by atoms with van der Waals surface area (Å²) in [5.41, 5.74) is 8.42. The van der Waals surface area contributed by atoms with Gasteiger partial charge in [0.25, 0.3) is 0 Å². The van der Waals surface area contributed by atoms with Crippen LogP contribution in [-0.4, -0.2) is 21.9 Å². The molecule has 0 aliphatic rings. The monoisotopic (exact) mass is 260 g/mol. The van der Waals surface area contributed by atoms with E-state index in [1.165, 1.54) is 0 Å². The van der Waals surface area contributed by atoms with E-state index >= 15 is 0 Å². The summed E-state index contributed by atoms with van der Waals surface area (Å²) in [7, 11) is 1.64. The summed E-state index contributed by atoms with van der Waals surface area (Å²) in [5, 5.41) is 4.35. The van der Waals surface area contributed by atoms with Crippen LogP contribution in [0.2, 0.25) is 0 Å². The maximum absolute atomic E-state index is 6.33. The Hall–Kier alpha value is -1.88. The van der Waals surface area contributed by atoms with Crippen molar-refractivity contribution in [3.05, 3.63) is 42.0 Å². The molecule has 0 bridgehead atoms. The van der Waals surface area contributed by atoms with Crippen LogP contribution in [0.4, 0.5) is 0 Å². The molecule has 0 saturated carbocycles. The smallest absolute Gasteiger partial charge is 0.161 e. The normalized spacial score (nSPS) is 12.7. The number of ether oxygens (including phenoxy) is 1. The van der Waals surface area contributed by atoms with Gasteiger partial charge >= 0.3 is 0 Å². The predicted octanol–water partition coefficient (Wildman–Crippen LogP) is 2.11. The van der Waals surface area contributed by atoms with Gasteiger partial charge in [-0.1, -0.05) is 0 Å². The fourth-order valence-corrected chi connectivity index (χ4v) is 2.15. The maximum atomic E-state index is 6.33. The first-order valence-electron chi connectivity index (χ1n) is 6.39. The summed E-state index contributed by atoms with van der Waals surface area (Å²) in [6, 6.07) is 4.05. The lowest BCUT2D eigenvalue weighted by molar-refractivity contribution is 0.396. The van der Waals surface area contributed by atoms with Gasteiger partial charge in [0.15, 0.2) is 5.75 Å². The van der Waals surface area contributed by atoms with Gasteiger partial charge in [0.1, 0.15) is 0 Å². The molecule has 2 aromatic heterocycles. The molecule has 0 amide bonds. The molecule has 0 spiro atoms. The van der Waals surface area contributed by atoms with Crippen LogP contribution >= 0.6 is 0 Å². The first kappa shape index (κ1) is 13.5. The van der Waals surface area contributed by atoms with Crippen molar-refractivity contribution >= 4 is 0 Å². The molecule has 2 aromatic rings. The molecule has 0 aliphatic heterocycles. The van der Waals surface area contributed by atoms with Gasteiger partial charge < -0.3 is 10.5 Å². The standard InChI is InChI=1S/C14H20N4O/c1-10(2)18-14(13(19-3)9-17-18)12(15)8-11-4-6-16-7-5-11/h4-7,9-10,12H,8,15H2,1-3H3. The van der Waals surface area contributed by atoms with E-state index in [2.05, 4.69) is 23.9 Å². The Morgan fingerprint density at radius 3 is 2.58 bits per heavy atom. The molecule has 2 rings (SSSR count). The van der Waals surface area contributed by atoms with Crippen LogP contribution in [-0.2, 0) is 6.42 Å². The van der Waals surface area contributed by atoms with Gasteiger partial charge in [-0.3, -0.25) is 9.67 Å². The van der Waals surface area contributed by atoms with Crippen molar-refractivity contribution in [3.63, 3.8) is 0 Å². The third kappa shape index (κ3) is 2.93. The number of nitrogens with zero attached hydrogens (tertiary/aromatic N) is 3. The van der Waals surface area contributed by atoms with Gasteiger partial charge in [0.05, 0.1) is 25.0 Å². The zero-order valence-corrected chi connectivity index (χ0v) is 11.6. The average Bonchev–Trinajstić information content (AvgIpc) is 2.83. The highest BCUT2D eigenvalue weighted by Crippen LogP contribution is 2.28. The third-order valence-electron chi connectivity index (χ3n) is 3.06. The molecule has 2 heterocycles. The van der Waals surface area contributed by atoms with Crippen molar-refractivity contribution in [1.82, 2.24) is 14.8 Å². The lowest BCUT2D eigenvalue weighted by Gasteiger charge is -2.18. The van der Waals surface area contributed by atoms with Gasteiger partial charge in [-0.15, -0.1) is 0 Å². The molecule has 0 aromatic carbocycles. The molecule has 5 nitrogen and oxygen atoms in total. The Morgan fingerprint density at radius 2 is 2.00 bits per heavy atom. The van der Waals surface area contributed by atoms with Crippen LogP contribution < -0.4 is 10.5 Å². The Bertz CT molecular complexity index is 521. The Balaban J connectivity index is 2.27. The maximum Gasteiger partial charge on any atom is 0.161 e. The molecule has 19 heavy (non-hydrogen) atoms. The molecular weight excluding hydrogens is 240 g/mol. The van der Waals surface area contributed by atoms with E-state index in [4.69, 9.17) is 10.5 Å². The second-order valence-electron chi connectivity index (χ2n) is 4.80. The van der Waals surface area contributed by atoms with Gasteiger partial charge in [0.2, 0.25) is 0 Å². The molecular formula is C14H20N4O. The zero-order chi connectivity index (χ0) is 13.8. The van der Waals surface area contributed by atoms with Crippen LogP contribution in [0.3, 0.4) is 0 Å². The fraction of sp³-hybridized carbons (Fsp3) is 0.429. The molecule has 1 atom stereocenters. The summed E-state index contributed by atoms with van der Waals surface area (Å²) in [5.74, 6) is 0.746. The molecule has 102 valence electrons.